The number of anilines is 1. The molecule has 1 N–H and O–H groups in total. The zero-order chi connectivity index (χ0) is 14.7. The predicted molar refractivity (Wildman–Crippen MR) is 85.9 cm³/mol. The van der Waals surface area contributed by atoms with E-state index in [0.29, 0.717) is 12.5 Å². The Morgan fingerprint density at radius 3 is 1.89 bits per heavy atom. The highest BCUT2D eigenvalue weighted by Gasteiger charge is 2.18. The van der Waals surface area contributed by atoms with Crippen LogP contribution in [-0.2, 0) is 0 Å². The minimum absolute atomic E-state index is 0.349. The van der Waals surface area contributed by atoms with Gasteiger partial charge < -0.3 is 10.0 Å². The van der Waals surface area contributed by atoms with Crippen molar-refractivity contribution in [2.24, 2.45) is 5.92 Å². The summed E-state index contributed by atoms with van der Waals surface area (Å²) in [5, 5.41) is 9.07. The first-order chi connectivity index (χ1) is 9.29. The van der Waals surface area contributed by atoms with Gasteiger partial charge in [0.15, 0.2) is 0 Å². The Kier molecular flexibility index (Phi) is 10.3. The van der Waals surface area contributed by atoms with Crippen molar-refractivity contribution in [2.75, 3.05) is 24.6 Å². The summed E-state index contributed by atoms with van der Waals surface area (Å²) < 4.78 is 0. The highest BCUT2D eigenvalue weighted by molar-refractivity contribution is 5.47. The SMILES string of the molecule is CC.CC.Cc1ccc(N2CCC(CO)CC2)cc1. The average Bonchev–Trinajstić information content (AvgIpc) is 2.52. The van der Waals surface area contributed by atoms with E-state index in [1.807, 2.05) is 27.7 Å². The Bertz CT molecular complexity index is 300. The number of hydrogen-bond donors (Lipinski definition) is 1. The number of aryl methyl sites for hydroxylation is 1. The van der Waals surface area contributed by atoms with Crippen LogP contribution in [0.4, 0.5) is 5.69 Å². The molecule has 2 rings (SSSR count). The molecule has 1 fully saturated rings. The van der Waals surface area contributed by atoms with Gasteiger partial charge in [0.2, 0.25) is 0 Å². The molecule has 110 valence electrons. The molecule has 0 aliphatic carbocycles. The smallest absolute Gasteiger partial charge is 0.0460 e. The van der Waals surface area contributed by atoms with Crippen LogP contribution in [0.5, 0.6) is 0 Å². The monoisotopic (exact) mass is 265 g/mol. The first-order valence-corrected chi connectivity index (χ1v) is 7.72. The van der Waals surface area contributed by atoms with Crippen LogP contribution in [0.2, 0.25) is 0 Å². The van der Waals surface area contributed by atoms with Crippen molar-refractivity contribution < 1.29 is 5.11 Å². The lowest BCUT2D eigenvalue weighted by Gasteiger charge is -2.32. The zero-order valence-electron chi connectivity index (χ0n) is 13.3. The maximum Gasteiger partial charge on any atom is 0.0460 e. The summed E-state index contributed by atoms with van der Waals surface area (Å²) in [5.74, 6) is 0.520. The van der Waals surface area contributed by atoms with E-state index in [9.17, 15) is 0 Å². The van der Waals surface area contributed by atoms with Crippen LogP contribution in [0.15, 0.2) is 24.3 Å². The number of aliphatic hydroxyl groups is 1. The van der Waals surface area contributed by atoms with Gasteiger partial charge in [-0.25, -0.2) is 0 Å². The van der Waals surface area contributed by atoms with E-state index in [-0.39, 0.29) is 0 Å². The molecule has 0 radical (unpaired) electrons. The first-order valence-electron chi connectivity index (χ1n) is 7.72. The topological polar surface area (TPSA) is 23.5 Å². The van der Waals surface area contributed by atoms with E-state index < -0.39 is 0 Å². The molecule has 1 saturated heterocycles. The molecule has 0 saturated carbocycles. The number of rotatable bonds is 2. The lowest BCUT2D eigenvalue weighted by atomic mass is 9.97. The summed E-state index contributed by atoms with van der Waals surface area (Å²) in [6, 6.07) is 8.70. The van der Waals surface area contributed by atoms with Gasteiger partial charge in [-0.1, -0.05) is 45.4 Å². The van der Waals surface area contributed by atoms with Crippen LogP contribution in [0, 0.1) is 12.8 Å². The van der Waals surface area contributed by atoms with Crippen molar-refractivity contribution in [3.05, 3.63) is 29.8 Å². The lowest BCUT2D eigenvalue weighted by Crippen LogP contribution is -2.34. The molecule has 0 atom stereocenters. The van der Waals surface area contributed by atoms with Crippen LogP contribution in [-0.4, -0.2) is 24.8 Å². The van der Waals surface area contributed by atoms with Crippen molar-refractivity contribution >= 4 is 5.69 Å². The van der Waals surface area contributed by atoms with Gasteiger partial charge in [0, 0.05) is 25.4 Å². The molecule has 19 heavy (non-hydrogen) atoms. The first kappa shape index (κ1) is 18.0. The fourth-order valence-corrected chi connectivity index (χ4v) is 2.13. The van der Waals surface area contributed by atoms with Gasteiger partial charge in [-0.2, -0.15) is 0 Å². The van der Waals surface area contributed by atoms with Crippen LogP contribution in [0.3, 0.4) is 0 Å². The van der Waals surface area contributed by atoms with Gasteiger partial charge in [0.1, 0.15) is 0 Å². The maximum atomic E-state index is 9.07. The minimum Gasteiger partial charge on any atom is -0.396 e. The lowest BCUT2D eigenvalue weighted by molar-refractivity contribution is 0.203. The van der Waals surface area contributed by atoms with Gasteiger partial charge >= 0.3 is 0 Å². The molecule has 1 aromatic carbocycles. The van der Waals surface area contributed by atoms with Crippen LogP contribution in [0.25, 0.3) is 0 Å². The Hall–Kier alpha value is -1.02. The second-order valence-electron chi connectivity index (χ2n) is 4.45. The molecule has 1 aromatic rings. The number of piperidine rings is 1. The quantitative estimate of drug-likeness (QED) is 0.864. The molecule has 0 unspecified atom stereocenters. The number of aliphatic hydroxyl groups excluding tert-OH is 1. The second kappa shape index (κ2) is 10.9. The minimum atomic E-state index is 0.349. The van der Waals surface area contributed by atoms with Gasteiger partial charge in [0.05, 0.1) is 0 Å². The second-order valence-corrected chi connectivity index (χ2v) is 4.45. The molecule has 0 spiro atoms. The Morgan fingerprint density at radius 2 is 1.47 bits per heavy atom. The molecule has 0 bridgehead atoms. The molecule has 0 amide bonds. The third-order valence-corrected chi connectivity index (χ3v) is 3.27. The van der Waals surface area contributed by atoms with E-state index in [0.717, 1.165) is 25.9 Å². The van der Waals surface area contributed by atoms with Crippen LogP contribution in [0.1, 0.15) is 46.1 Å². The number of benzene rings is 1. The standard InChI is InChI=1S/C13H19NO.2C2H6/c1-11-2-4-13(5-3-11)14-8-6-12(10-15)7-9-14;2*1-2/h2-5,12,15H,6-10H2,1H3;2*1-2H3. The largest absolute Gasteiger partial charge is 0.396 e. The number of hydrogen-bond acceptors (Lipinski definition) is 2. The Morgan fingerprint density at radius 1 is 1.00 bits per heavy atom. The van der Waals surface area contributed by atoms with Gasteiger partial charge in [-0.15, -0.1) is 0 Å². The summed E-state index contributed by atoms with van der Waals surface area (Å²) >= 11 is 0. The molecule has 1 heterocycles. The summed E-state index contributed by atoms with van der Waals surface area (Å²) in [4.78, 5) is 2.41. The predicted octanol–water partition coefficient (Wildman–Crippen LogP) is 4.26. The summed E-state index contributed by atoms with van der Waals surface area (Å²) in [5.41, 5.74) is 2.63. The molecular weight excluding hydrogens is 234 g/mol. The highest BCUT2D eigenvalue weighted by atomic mass is 16.3. The fraction of sp³-hybridized carbons (Fsp3) is 0.647. The molecular formula is C17H31NO. The normalized spacial score (nSPS) is 14.9. The summed E-state index contributed by atoms with van der Waals surface area (Å²) in [6.07, 6.45) is 2.23. The number of nitrogens with zero attached hydrogens (tertiary/aromatic N) is 1. The summed E-state index contributed by atoms with van der Waals surface area (Å²) in [7, 11) is 0. The van der Waals surface area contributed by atoms with Gasteiger partial charge in [-0.05, 0) is 37.8 Å². The van der Waals surface area contributed by atoms with E-state index in [2.05, 4.69) is 36.1 Å². The average molecular weight is 265 g/mol. The van der Waals surface area contributed by atoms with Crippen molar-refractivity contribution in [1.82, 2.24) is 0 Å². The van der Waals surface area contributed by atoms with Crippen molar-refractivity contribution in [3.63, 3.8) is 0 Å². The van der Waals surface area contributed by atoms with E-state index in [1.165, 1.54) is 11.3 Å². The summed E-state index contributed by atoms with van der Waals surface area (Å²) in [6.45, 7) is 12.6. The molecule has 0 aromatic heterocycles. The maximum absolute atomic E-state index is 9.07. The van der Waals surface area contributed by atoms with Crippen molar-refractivity contribution in [3.8, 4) is 0 Å². The Balaban J connectivity index is 0.000000741. The molecule has 2 nitrogen and oxygen atoms in total. The van der Waals surface area contributed by atoms with Gasteiger partial charge in [-0.3, -0.25) is 0 Å². The van der Waals surface area contributed by atoms with E-state index >= 15 is 0 Å². The third-order valence-electron chi connectivity index (χ3n) is 3.27. The fourth-order valence-electron chi connectivity index (χ4n) is 2.13. The van der Waals surface area contributed by atoms with Crippen molar-refractivity contribution in [2.45, 2.75) is 47.5 Å². The van der Waals surface area contributed by atoms with Gasteiger partial charge in [0.25, 0.3) is 0 Å². The van der Waals surface area contributed by atoms with E-state index in [4.69, 9.17) is 5.11 Å². The third kappa shape index (κ3) is 6.11. The zero-order valence-corrected chi connectivity index (χ0v) is 13.3. The van der Waals surface area contributed by atoms with E-state index in [1.54, 1.807) is 0 Å². The van der Waals surface area contributed by atoms with Crippen molar-refractivity contribution in [1.29, 1.82) is 0 Å². The highest BCUT2D eigenvalue weighted by Crippen LogP contribution is 2.22. The molecule has 2 heteroatoms. The van der Waals surface area contributed by atoms with Crippen LogP contribution >= 0.6 is 0 Å². The van der Waals surface area contributed by atoms with Crippen LogP contribution < -0.4 is 4.90 Å². The molecule has 1 aliphatic rings. The molecule has 1 aliphatic heterocycles. The Labute approximate surface area is 119 Å².